The van der Waals surface area contributed by atoms with E-state index in [9.17, 15) is 0 Å². The lowest BCUT2D eigenvalue weighted by Crippen LogP contribution is -2.09. The summed E-state index contributed by atoms with van der Waals surface area (Å²) in [6.45, 7) is 0. The Bertz CT molecular complexity index is 3250. The van der Waals surface area contributed by atoms with E-state index in [0.717, 1.165) is 77.8 Å². The van der Waals surface area contributed by atoms with E-state index in [1.165, 1.54) is 27.3 Å². The van der Waals surface area contributed by atoms with E-state index in [1.54, 1.807) is 0 Å². The summed E-state index contributed by atoms with van der Waals surface area (Å²) in [5.41, 5.74) is 14.4. The molecule has 272 valence electrons. The molecule has 58 heavy (non-hydrogen) atoms. The van der Waals surface area contributed by atoms with E-state index in [0.29, 0.717) is 0 Å². The molecule has 0 saturated heterocycles. The van der Waals surface area contributed by atoms with Crippen molar-refractivity contribution in [3.63, 3.8) is 0 Å². The zero-order chi connectivity index (χ0) is 38.4. The second kappa shape index (κ2) is 14.1. The molecule has 2 heteroatoms. The minimum atomic E-state index is 0.912. The molecule has 1 heterocycles. The summed E-state index contributed by atoms with van der Waals surface area (Å²) in [5.74, 6) is 0. The number of fused-ring (bicyclic) bond motifs is 6. The van der Waals surface area contributed by atoms with Crippen molar-refractivity contribution in [3.8, 4) is 44.5 Å². The Hall–Kier alpha value is -7.68. The first-order chi connectivity index (χ1) is 28.7. The fourth-order valence-corrected chi connectivity index (χ4v) is 8.56. The van der Waals surface area contributed by atoms with Gasteiger partial charge in [0.15, 0.2) is 0 Å². The summed E-state index contributed by atoms with van der Waals surface area (Å²) in [5, 5.41) is 7.00. The van der Waals surface area contributed by atoms with Crippen molar-refractivity contribution in [1.29, 1.82) is 0 Å². The molecule has 2 nitrogen and oxygen atoms in total. The number of hydrogen-bond acceptors (Lipinski definition) is 2. The van der Waals surface area contributed by atoms with Crippen LogP contribution in [0.15, 0.2) is 229 Å². The molecule has 0 fully saturated rings. The molecule has 0 atom stereocenters. The first kappa shape index (κ1) is 33.6. The molecule has 0 aliphatic heterocycles. The summed E-state index contributed by atoms with van der Waals surface area (Å²) in [6, 6.07) is 80.5. The third-order valence-corrected chi connectivity index (χ3v) is 11.5. The highest BCUT2D eigenvalue weighted by Crippen LogP contribution is 2.44. The molecule has 0 amide bonds. The smallest absolute Gasteiger partial charge is 0.143 e. The van der Waals surface area contributed by atoms with Crippen molar-refractivity contribution in [2.75, 3.05) is 4.90 Å². The maximum absolute atomic E-state index is 6.88. The van der Waals surface area contributed by atoms with Gasteiger partial charge in [-0.15, -0.1) is 0 Å². The highest BCUT2D eigenvalue weighted by molar-refractivity contribution is 6.21. The number of benzene rings is 10. The van der Waals surface area contributed by atoms with E-state index in [-0.39, 0.29) is 0 Å². The van der Waals surface area contributed by atoms with Gasteiger partial charge in [-0.3, -0.25) is 0 Å². The average Bonchev–Trinajstić information content (AvgIpc) is 3.70. The summed E-state index contributed by atoms with van der Waals surface area (Å²) in [6.07, 6.45) is 0. The molecule has 11 rings (SSSR count). The monoisotopic (exact) mass is 739 g/mol. The second-order valence-corrected chi connectivity index (χ2v) is 14.9. The van der Waals surface area contributed by atoms with Crippen LogP contribution in [0.3, 0.4) is 0 Å². The van der Waals surface area contributed by atoms with Gasteiger partial charge in [-0.1, -0.05) is 170 Å². The Kier molecular flexibility index (Phi) is 8.19. The van der Waals surface area contributed by atoms with Gasteiger partial charge < -0.3 is 9.32 Å². The molecule has 0 radical (unpaired) electrons. The van der Waals surface area contributed by atoms with Crippen molar-refractivity contribution in [3.05, 3.63) is 224 Å². The lowest BCUT2D eigenvalue weighted by molar-refractivity contribution is 0.674. The molecule has 0 saturated carbocycles. The summed E-state index contributed by atoms with van der Waals surface area (Å²) in [7, 11) is 0. The van der Waals surface area contributed by atoms with Gasteiger partial charge >= 0.3 is 0 Å². The summed E-state index contributed by atoms with van der Waals surface area (Å²) in [4.78, 5) is 2.35. The first-order valence-electron chi connectivity index (χ1n) is 19.8. The van der Waals surface area contributed by atoms with Crippen molar-refractivity contribution < 1.29 is 4.42 Å². The van der Waals surface area contributed by atoms with Gasteiger partial charge in [0.1, 0.15) is 11.2 Å². The quantitative estimate of drug-likeness (QED) is 0.162. The third kappa shape index (κ3) is 5.91. The van der Waals surface area contributed by atoms with Gasteiger partial charge in [-0.05, 0) is 110 Å². The zero-order valence-electron chi connectivity index (χ0n) is 31.7. The molecule has 11 aromatic rings. The van der Waals surface area contributed by atoms with E-state index < -0.39 is 0 Å². The van der Waals surface area contributed by atoms with Crippen LogP contribution < -0.4 is 4.90 Å². The van der Waals surface area contributed by atoms with Crippen LogP contribution in [0.2, 0.25) is 0 Å². The van der Waals surface area contributed by atoms with Gasteiger partial charge in [0.05, 0.1) is 0 Å². The fraction of sp³-hybridized carbons (Fsp3) is 0. The van der Waals surface area contributed by atoms with Crippen molar-refractivity contribution in [1.82, 2.24) is 0 Å². The first-order valence-corrected chi connectivity index (χ1v) is 19.8. The van der Waals surface area contributed by atoms with Gasteiger partial charge in [0, 0.05) is 38.8 Å². The van der Waals surface area contributed by atoms with E-state index >= 15 is 0 Å². The molecule has 0 N–H and O–H groups in total. The predicted molar refractivity (Wildman–Crippen MR) is 245 cm³/mol. The molecule has 10 aromatic carbocycles. The van der Waals surface area contributed by atoms with Crippen LogP contribution in [0.5, 0.6) is 0 Å². The maximum atomic E-state index is 6.88. The fourth-order valence-electron chi connectivity index (χ4n) is 8.56. The minimum absolute atomic E-state index is 0.912. The SMILES string of the molecule is c1ccc(-c2ccc(N(c3ccc(-c4cccc(-c5ccc(-c6ccccc6)c6oc7c8ccccc8ccc7c56)c4)cc3)c3ccc4ccccc4c3)cc2)cc1. The van der Waals surface area contributed by atoms with E-state index in [4.69, 9.17) is 4.42 Å². The number of anilines is 3. The van der Waals surface area contributed by atoms with Gasteiger partial charge in [0.25, 0.3) is 0 Å². The molecule has 0 aliphatic rings. The van der Waals surface area contributed by atoms with Crippen LogP contribution in [0.25, 0.3) is 88.0 Å². The van der Waals surface area contributed by atoms with Crippen molar-refractivity contribution in [2.24, 2.45) is 0 Å². The highest BCUT2D eigenvalue weighted by atomic mass is 16.3. The van der Waals surface area contributed by atoms with Crippen LogP contribution in [-0.2, 0) is 0 Å². The number of hydrogen-bond donors (Lipinski definition) is 0. The Balaban J connectivity index is 1.00. The summed E-state index contributed by atoms with van der Waals surface area (Å²) >= 11 is 0. The van der Waals surface area contributed by atoms with E-state index in [1.807, 2.05) is 0 Å². The molecular formula is C56H37NO. The Morgan fingerprint density at radius 2 is 0.810 bits per heavy atom. The molecule has 0 bridgehead atoms. The van der Waals surface area contributed by atoms with Gasteiger partial charge in [-0.25, -0.2) is 0 Å². The summed E-state index contributed by atoms with van der Waals surface area (Å²) < 4.78 is 6.88. The molecular weight excluding hydrogens is 703 g/mol. The second-order valence-electron chi connectivity index (χ2n) is 14.9. The van der Waals surface area contributed by atoms with Gasteiger partial charge in [-0.2, -0.15) is 0 Å². The largest absolute Gasteiger partial charge is 0.455 e. The van der Waals surface area contributed by atoms with Gasteiger partial charge in [0.2, 0.25) is 0 Å². The zero-order valence-corrected chi connectivity index (χ0v) is 31.7. The lowest BCUT2D eigenvalue weighted by atomic mass is 9.92. The number of furan rings is 1. The van der Waals surface area contributed by atoms with Crippen molar-refractivity contribution in [2.45, 2.75) is 0 Å². The number of nitrogens with zero attached hydrogens (tertiary/aromatic N) is 1. The number of rotatable bonds is 7. The van der Waals surface area contributed by atoms with Crippen LogP contribution in [0.1, 0.15) is 0 Å². The lowest BCUT2D eigenvalue weighted by Gasteiger charge is -2.26. The normalized spacial score (nSPS) is 11.4. The topological polar surface area (TPSA) is 16.4 Å². The Morgan fingerprint density at radius 1 is 0.276 bits per heavy atom. The Labute approximate surface area is 337 Å². The standard InChI is InChI=1S/C56H37NO/c1-3-12-38(13-4-1)40-22-28-47(29-23-40)57(49-32-26-39-14-7-8-18-45(39)37-49)48-30-24-41(25-31-48)44-19-11-20-46(36-44)50-34-35-52(42-15-5-2-6-16-42)56-54(50)53-33-27-43-17-9-10-21-51(43)55(53)58-56/h1-37H. The third-order valence-electron chi connectivity index (χ3n) is 11.5. The van der Waals surface area contributed by atoms with Crippen molar-refractivity contribution >= 4 is 60.5 Å². The molecule has 0 unspecified atom stereocenters. The molecule has 1 aromatic heterocycles. The van der Waals surface area contributed by atoms with E-state index in [2.05, 4.69) is 229 Å². The van der Waals surface area contributed by atoms with Crippen LogP contribution in [0.4, 0.5) is 17.1 Å². The molecule has 0 spiro atoms. The van der Waals surface area contributed by atoms with Crippen LogP contribution >= 0.6 is 0 Å². The van der Waals surface area contributed by atoms with Crippen LogP contribution in [-0.4, -0.2) is 0 Å². The molecule has 0 aliphatic carbocycles. The van der Waals surface area contributed by atoms with Crippen LogP contribution in [0, 0.1) is 0 Å². The Morgan fingerprint density at radius 3 is 1.55 bits per heavy atom. The maximum Gasteiger partial charge on any atom is 0.143 e. The highest BCUT2D eigenvalue weighted by Gasteiger charge is 2.20. The average molecular weight is 740 g/mol. The predicted octanol–water partition coefficient (Wildman–Crippen LogP) is 16.0. The minimum Gasteiger partial charge on any atom is -0.455 e.